The maximum absolute atomic E-state index is 5.61. The van der Waals surface area contributed by atoms with E-state index in [0.717, 1.165) is 13.0 Å². The summed E-state index contributed by atoms with van der Waals surface area (Å²) in [5.41, 5.74) is 5.61. The van der Waals surface area contributed by atoms with Crippen LogP contribution in [0.5, 0.6) is 0 Å². The van der Waals surface area contributed by atoms with E-state index in [1.807, 2.05) is 0 Å². The quantitative estimate of drug-likeness (QED) is 0.550. The minimum Gasteiger partial charge on any atom is -0.330 e. The summed E-state index contributed by atoms with van der Waals surface area (Å²) in [6.07, 6.45) is 6.30. The summed E-state index contributed by atoms with van der Waals surface area (Å²) >= 11 is 0. The Bertz CT molecular complexity index is 154. The third-order valence-electron chi connectivity index (χ3n) is 3.44. The highest BCUT2D eigenvalue weighted by Crippen LogP contribution is 2.00. The minimum atomic E-state index is 0.819. The predicted molar refractivity (Wildman–Crippen MR) is 82.0 cm³/mol. The Morgan fingerprint density at radius 1 is 0.667 bits per heavy atom. The molecule has 0 saturated heterocycles. The number of hydrogen-bond donors (Lipinski definition) is 1. The van der Waals surface area contributed by atoms with Crippen molar-refractivity contribution >= 4 is 0 Å². The van der Waals surface area contributed by atoms with Gasteiger partial charge in [-0.2, -0.15) is 0 Å². The molecule has 0 aromatic carbocycles. The highest BCUT2D eigenvalue weighted by molar-refractivity contribution is 4.61. The summed E-state index contributed by atoms with van der Waals surface area (Å²) in [5.74, 6) is 0. The molecule has 0 aromatic rings. The molecule has 0 fully saturated rings. The van der Waals surface area contributed by atoms with Crippen LogP contribution in [-0.2, 0) is 0 Å². The Morgan fingerprint density at radius 3 is 1.83 bits per heavy atom. The molecule has 2 N–H and O–H groups in total. The van der Waals surface area contributed by atoms with Gasteiger partial charge in [0.1, 0.15) is 0 Å². The van der Waals surface area contributed by atoms with Crippen molar-refractivity contribution in [1.29, 1.82) is 0 Å². The van der Waals surface area contributed by atoms with E-state index in [0.29, 0.717) is 0 Å². The second-order valence-electron chi connectivity index (χ2n) is 5.13. The average Bonchev–Trinajstić information content (AvgIpc) is 2.40. The molecule has 0 atom stereocenters. The van der Waals surface area contributed by atoms with Crippen LogP contribution in [0.2, 0.25) is 0 Å². The first-order valence-electron chi connectivity index (χ1n) is 7.93. The smallest absolute Gasteiger partial charge is 0.000654 e. The van der Waals surface area contributed by atoms with Crippen molar-refractivity contribution in [3.05, 3.63) is 0 Å². The van der Waals surface area contributed by atoms with E-state index in [1.54, 1.807) is 0 Å². The van der Waals surface area contributed by atoms with E-state index in [2.05, 4.69) is 30.6 Å². The van der Waals surface area contributed by atoms with Gasteiger partial charge in [-0.15, -0.1) is 0 Å². The Balaban J connectivity index is 3.77. The third-order valence-corrected chi connectivity index (χ3v) is 3.44. The fourth-order valence-electron chi connectivity index (χ4n) is 2.29. The van der Waals surface area contributed by atoms with Gasteiger partial charge in [-0.25, -0.2) is 0 Å². The van der Waals surface area contributed by atoms with Gasteiger partial charge in [-0.1, -0.05) is 27.2 Å². The van der Waals surface area contributed by atoms with E-state index in [1.165, 1.54) is 65.0 Å². The molecule has 0 heterocycles. The zero-order valence-corrected chi connectivity index (χ0v) is 13.0. The fourth-order valence-corrected chi connectivity index (χ4v) is 2.29. The third kappa shape index (κ3) is 9.86. The highest BCUT2D eigenvalue weighted by atomic mass is 15.1. The van der Waals surface area contributed by atoms with Crippen molar-refractivity contribution in [2.75, 3.05) is 45.8 Å². The summed E-state index contributed by atoms with van der Waals surface area (Å²) < 4.78 is 0. The topological polar surface area (TPSA) is 32.5 Å². The summed E-state index contributed by atoms with van der Waals surface area (Å²) in [4.78, 5) is 5.15. The van der Waals surface area contributed by atoms with Crippen molar-refractivity contribution in [3.63, 3.8) is 0 Å². The van der Waals surface area contributed by atoms with Crippen LogP contribution in [0, 0.1) is 0 Å². The molecular weight excluding hydrogens is 222 g/mol. The average molecular weight is 257 g/mol. The van der Waals surface area contributed by atoms with Gasteiger partial charge in [-0.3, -0.25) is 0 Å². The monoisotopic (exact) mass is 257 g/mol. The van der Waals surface area contributed by atoms with Gasteiger partial charge >= 0.3 is 0 Å². The van der Waals surface area contributed by atoms with Crippen molar-refractivity contribution in [2.24, 2.45) is 5.73 Å². The molecule has 3 heteroatoms. The number of rotatable bonds is 13. The van der Waals surface area contributed by atoms with Gasteiger partial charge in [0, 0.05) is 0 Å². The van der Waals surface area contributed by atoms with E-state index < -0.39 is 0 Å². The normalized spacial score (nSPS) is 11.7. The lowest BCUT2D eigenvalue weighted by Gasteiger charge is -2.24. The molecule has 0 bridgehead atoms. The largest absolute Gasteiger partial charge is 0.330 e. The van der Waals surface area contributed by atoms with Crippen molar-refractivity contribution in [2.45, 2.75) is 52.9 Å². The number of unbranched alkanes of at least 4 members (excludes halogenated alkanes) is 1. The lowest BCUT2D eigenvalue weighted by Crippen LogP contribution is -2.32. The lowest BCUT2D eigenvalue weighted by molar-refractivity contribution is 0.228. The zero-order valence-electron chi connectivity index (χ0n) is 13.0. The van der Waals surface area contributed by atoms with Gasteiger partial charge in [0.15, 0.2) is 0 Å². The molecular formula is C15H35N3. The second kappa shape index (κ2) is 13.3. The molecule has 0 unspecified atom stereocenters. The maximum Gasteiger partial charge on any atom is -0.000654 e. The molecule has 0 spiro atoms. The first kappa shape index (κ1) is 17.9. The minimum absolute atomic E-state index is 0.819. The van der Waals surface area contributed by atoms with Gasteiger partial charge in [0.25, 0.3) is 0 Å². The molecule has 18 heavy (non-hydrogen) atoms. The van der Waals surface area contributed by atoms with Gasteiger partial charge in [0.2, 0.25) is 0 Å². The Morgan fingerprint density at radius 2 is 1.28 bits per heavy atom. The predicted octanol–water partition coefficient (Wildman–Crippen LogP) is 2.56. The Hall–Kier alpha value is -0.120. The molecule has 0 saturated carbocycles. The zero-order chi connectivity index (χ0) is 13.6. The van der Waals surface area contributed by atoms with Crippen LogP contribution in [0.3, 0.4) is 0 Å². The number of hydrogen-bond acceptors (Lipinski definition) is 3. The molecule has 0 radical (unpaired) electrons. The van der Waals surface area contributed by atoms with E-state index in [-0.39, 0.29) is 0 Å². The lowest BCUT2D eigenvalue weighted by atomic mass is 10.2. The first-order valence-corrected chi connectivity index (χ1v) is 7.93. The van der Waals surface area contributed by atoms with Crippen LogP contribution in [0.25, 0.3) is 0 Å². The van der Waals surface area contributed by atoms with Crippen LogP contribution >= 0.6 is 0 Å². The van der Waals surface area contributed by atoms with Crippen LogP contribution in [0.15, 0.2) is 0 Å². The molecule has 3 nitrogen and oxygen atoms in total. The van der Waals surface area contributed by atoms with Crippen LogP contribution in [-0.4, -0.2) is 55.6 Å². The number of nitrogens with two attached hydrogens (primary N) is 1. The molecule has 0 aromatic heterocycles. The molecule has 0 amide bonds. The van der Waals surface area contributed by atoms with Gasteiger partial charge in [0.05, 0.1) is 0 Å². The SMILES string of the molecule is CCCCN(CCCN)CCCN(CC)CCC. The first-order chi connectivity index (χ1) is 8.78. The van der Waals surface area contributed by atoms with Gasteiger partial charge < -0.3 is 15.5 Å². The Labute approximate surface area is 115 Å². The van der Waals surface area contributed by atoms with Crippen LogP contribution in [0.1, 0.15) is 52.9 Å². The van der Waals surface area contributed by atoms with E-state index in [9.17, 15) is 0 Å². The Kier molecular flexibility index (Phi) is 13.2. The summed E-state index contributed by atoms with van der Waals surface area (Å²) in [6.45, 7) is 14.9. The molecule has 0 aliphatic heterocycles. The highest BCUT2D eigenvalue weighted by Gasteiger charge is 2.05. The van der Waals surface area contributed by atoms with E-state index in [4.69, 9.17) is 5.73 Å². The molecule has 0 rings (SSSR count). The van der Waals surface area contributed by atoms with Crippen molar-refractivity contribution in [3.8, 4) is 0 Å². The van der Waals surface area contributed by atoms with Gasteiger partial charge in [-0.05, 0) is 71.5 Å². The second-order valence-corrected chi connectivity index (χ2v) is 5.13. The molecule has 0 aliphatic carbocycles. The summed E-state index contributed by atoms with van der Waals surface area (Å²) in [5, 5.41) is 0. The summed E-state index contributed by atoms with van der Waals surface area (Å²) in [6, 6.07) is 0. The molecule has 0 aliphatic rings. The standard InChI is InChI=1S/C15H35N3/c1-4-7-12-18(13-8-10-16)15-9-14-17(6-3)11-5-2/h4-16H2,1-3H3. The summed E-state index contributed by atoms with van der Waals surface area (Å²) in [7, 11) is 0. The van der Waals surface area contributed by atoms with Crippen molar-refractivity contribution < 1.29 is 0 Å². The van der Waals surface area contributed by atoms with Crippen LogP contribution < -0.4 is 5.73 Å². The number of nitrogens with zero attached hydrogens (tertiary/aromatic N) is 2. The fraction of sp³-hybridized carbons (Fsp3) is 1.00. The van der Waals surface area contributed by atoms with Crippen LogP contribution in [0.4, 0.5) is 0 Å². The van der Waals surface area contributed by atoms with E-state index >= 15 is 0 Å². The molecule has 110 valence electrons. The van der Waals surface area contributed by atoms with Crippen molar-refractivity contribution in [1.82, 2.24) is 9.80 Å². The maximum atomic E-state index is 5.61.